The molecule has 0 atom stereocenters. The van der Waals surface area contributed by atoms with Crippen molar-refractivity contribution in [2.24, 2.45) is 0 Å². The van der Waals surface area contributed by atoms with E-state index in [-0.39, 0.29) is 0 Å². The van der Waals surface area contributed by atoms with Crippen molar-refractivity contribution in [3.63, 3.8) is 0 Å². The van der Waals surface area contributed by atoms with Crippen molar-refractivity contribution >= 4 is 32.8 Å². The van der Waals surface area contributed by atoms with Gasteiger partial charge in [0, 0.05) is 53.9 Å². The van der Waals surface area contributed by atoms with Crippen molar-refractivity contribution in [2.45, 2.75) is 63.7 Å². The topological polar surface area (TPSA) is 15.5 Å². The maximum atomic E-state index is 6.91. The Bertz CT molecular complexity index is 2990. The molecule has 1 spiro atoms. The van der Waals surface area contributed by atoms with Crippen molar-refractivity contribution in [3.05, 3.63) is 181 Å². The first-order chi connectivity index (χ1) is 27.7. The van der Waals surface area contributed by atoms with Crippen LogP contribution in [0, 0.1) is 6.92 Å². The average Bonchev–Trinajstić information content (AvgIpc) is 3.24. The summed E-state index contributed by atoms with van der Waals surface area (Å²) in [5.74, 6) is 1.91. The number of ether oxygens (including phenoxy) is 1. The van der Waals surface area contributed by atoms with Gasteiger partial charge >= 0.3 is 0 Å². The van der Waals surface area contributed by atoms with E-state index in [1.807, 2.05) is 0 Å². The molecule has 0 radical (unpaired) electrons. The highest BCUT2D eigenvalue weighted by molar-refractivity contribution is 6.01. The maximum Gasteiger partial charge on any atom is 0.206 e. The van der Waals surface area contributed by atoms with Gasteiger partial charge in [-0.15, -0.1) is 0 Å². The summed E-state index contributed by atoms with van der Waals surface area (Å²) in [6.45, 7) is 7.00. The number of hydrogen-bond acceptors (Lipinski definition) is 2. The number of para-hydroxylation sites is 2. The van der Waals surface area contributed by atoms with Gasteiger partial charge in [0.25, 0.3) is 0 Å². The number of hydrogen-bond donors (Lipinski definition) is 0. The summed E-state index contributed by atoms with van der Waals surface area (Å²) in [7, 11) is 0. The zero-order chi connectivity index (χ0) is 36.7. The second-order valence-corrected chi connectivity index (χ2v) is 17.4. The molecular weight excluding hydrogens is 681 g/mol. The Morgan fingerprint density at radius 1 is 0.571 bits per heavy atom. The van der Waals surface area contributed by atoms with Crippen LogP contribution in [0.3, 0.4) is 0 Å². The summed E-state index contributed by atoms with van der Waals surface area (Å²) >= 11 is 0. The Hall–Kier alpha value is -5.67. The Morgan fingerprint density at radius 3 is 2.04 bits per heavy atom. The second kappa shape index (κ2) is 11.4. The monoisotopic (exact) mass is 725 g/mol. The number of fused-ring (bicyclic) bond motifs is 12. The van der Waals surface area contributed by atoms with E-state index in [9.17, 15) is 0 Å². The third-order valence-electron chi connectivity index (χ3n) is 14.5. The van der Waals surface area contributed by atoms with Gasteiger partial charge in [-0.1, -0.05) is 60.7 Å². The molecule has 7 aromatic carbocycles. The quantitative estimate of drug-likeness (QED) is 0.157. The molecule has 272 valence electrons. The van der Waals surface area contributed by atoms with E-state index in [4.69, 9.17) is 4.74 Å². The molecule has 0 saturated heterocycles. The highest BCUT2D eigenvalue weighted by Crippen LogP contribution is 2.58. The van der Waals surface area contributed by atoms with E-state index in [2.05, 4.69) is 126 Å². The average molecular weight is 726 g/mol. The summed E-state index contributed by atoms with van der Waals surface area (Å²) in [5, 5.41) is 8.53. The van der Waals surface area contributed by atoms with E-state index in [0.29, 0.717) is 0 Å². The van der Waals surface area contributed by atoms with Gasteiger partial charge in [-0.25, -0.2) is 4.58 Å². The summed E-state index contributed by atoms with van der Waals surface area (Å²) < 4.78 is 9.61. The van der Waals surface area contributed by atoms with Crippen LogP contribution in [0.15, 0.2) is 109 Å². The van der Waals surface area contributed by atoms with Gasteiger partial charge in [0.05, 0.1) is 5.41 Å². The number of nitrogens with zero attached hydrogens (tertiary/aromatic N) is 2. The highest BCUT2D eigenvalue weighted by atomic mass is 16.5. The lowest BCUT2D eigenvalue weighted by atomic mass is 9.58. The van der Waals surface area contributed by atoms with Gasteiger partial charge in [0.2, 0.25) is 5.36 Å². The second-order valence-electron chi connectivity index (χ2n) is 17.4. The lowest BCUT2D eigenvalue weighted by molar-refractivity contribution is 0.433. The normalized spacial score (nSPS) is 18.1. The Kier molecular flexibility index (Phi) is 6.44. The SMILES string of the molecule is Cc1ccccc1C1=c2cc3cc4c5c(c3cc2C2(c3ccccc3Oc3ccccc32)c2cc3c6c7c(cc3cc21)CCCN7CCC6)CCC[N+]=5CCC4. The van der Waals surface area contributed by atoms with Crippen molar-refractivity contribution < 1.29 is 4.74 Å². The standard InChI is InChI=1S/C53H45N2O/c1-32-12-2-3-15-37(32)50-42-28-35-26-33-13-8-22-54-24-10-16-38(51(33)54)40(35)30-46(42)53(44-18-4-6-20-48(44)56-49-21-7-5-19-45(49)53)47-31-41-36(29-43(47)50)27-34-14-9-23-55-25-11-17-39(41)52(34)55/h2-7,12,15,18-21,26-31H,8-11,13-14,16-17,22-25H2,1H3/q+1. The summed E-state index contributed by atoms with van der Waals surface area (Å²) in [6.07, 6.45) is 9.52. The van der Waals surface area contributed by atoms with Gasteiger partial charge in [-0.05, 0) is 165 Å². The van der Waals surface area contributed by atoms with Crippen molar-refractivity contribution in [2.75, 3.05) is 31.1 Å². The van der Waals surface area contributed by atoms with Crippen molar-refractivity contribution in [1.82, 2.24) is 4.58 Å². The van der Waals surface area contributed by atoms with Gasteiger partial charge in [-0.2, -0.15) is 0 Å². The first-order valence-corrected chi connectivity index (χ1v) is 21.2. The number of benzene rings is 7. The summed E-state index contributed by atoms with van der Waals surface area (Å²) in [5.41, 5.74) is 17.8. The molecular formula is C53H45N2O+. The summed E-state index contributed by atoms with van der Waals surface area (Å²) in [6, 6.07) is 42.7. The minimum Gasteiger partial charge on any atom is -0.457 e. The molecule has 6 aliphatic rings. The molecule has 56 heavy (non-hydrogen) atoms. The fourth-order valence-corrected chi connectivity index (χ4v) is 12.4. The fourth-order valence-electron chi connectivity index (χ4n) is 12.4. The zero-order valence-corrected chi connectivity index (χ0v) is 32.2. The van der Waals surface area contributed by atoms with Crippen LogP contribution >= 0.6 is 0 Å². The van der Waals surface area contributed by atoms with Gasteiger partial charge in [-0.3, -0.25) is 0 Å². The van der Waals surface area contributed by atoms with Crippen LogP contribution in [-0.4, -0.2) is 26.2 Å². The predicted octanol–water partition coefficient (Wildman–Crippen LogP) is 9.43. The van der Waals surface area contributed by atoms with Gasteiger partial charge in [0.15, 0.2) is 0 Å². The third kappa shape index (κ3) is 4.06. The largest absolute Gasteiger partial charge is 0.457 e. The number of anilines is 1. The molecule has 7 aromatic rings. The van der Waals surface area contributed by atoms with E-state index in [0.717, 1.165) is 24.3 Å². The Labute approximate surface area is 328 Å². The Morgan fingerprint density at radius 2 is 1.21 bits per heavy atom. The molecule has 5 aliphatic heterocycles. The van der Waals surface area contributed by atoms with Gasteiger partial charge in [0.1, 0.15) is 24.6 Å². The third-order valence-corrected chi connectivity index (χ3v) is 14.5. The van der Waals surface area contributed by atoms with Crippen LogP contribution in [0.1, 0.15) is 86.9 Å². The fraction of sp³-hybridized carbons (Fsp3) is 0.264. The lowest BCUT2D eigenvalue weighted by Gasteiger charge is -2.45. The molecule has 5 heterocycles. The first kappa shape index (κ1) is 31.5. The van der Waals surface area contributed by atoms with E-state index in [1.54, 1.807) is 22.3 Å². The molecule has 0 bridgehead atoms. The number of rotatable bonds is 1. The molecule has 0 unspecified atom stereocenters. The minimum atomic E-state index is -0.585. The zero-order valence-electron chi connectivity index (χ0n) is 32.2. The van der Waals surface area contributed by atoms with Crippen molar-refractivity contribution in [1.29, 1.82) is 0 Å². The molecule has 3 nitrogen and oxygen atoms in total. The number of aryl methyl sites for hydroxylation is 5. The molecule has 1 aliphatic carbocycles. The minimum absolute atomic E-state index is 0.585. The van der Waals surface area contributed by atoms with Crippen LogP contribution in [0.25, 0.3) is 27.1 Å². The molecule has 0 amide bonds. The van der Waals surface area contributed by atoms with E-state index < -0.39 is 5.41 Å². The van der Waals surface area contributed by atoms with E-state index >= 15 is 0 Å². The highest BCUT2D eigenvalue weighted by Gasteiger charge is 2.50. The molecule has 0 saturated carbocycles. The van der Waals surface area contributed by atoms with Crippen LogP contribution in [0.5, 0.6) is 11.5 Å². The van der Waals surface area contributed by atoms with E-state index in [1.165, 1.54) is 147 Å². The van der Waals surface area contributed by atoms with Crippen LogP contribution in [0.4, 0.5) is 5.69 Å². The molecule has 0 aromatic heterocycles. The van der Waals surface area contributed by atoms with Gasteiger partial charge < -0.3 is 9.64 Å². The first-order valence-electron chi connectivity index (χ1n) is 21.2. The van der Waals surface area contributed by atoms with Crippen molar-refractivity contribution in [3.8, 4) is 11.5 Å². The molecule has 0 N–H and O–H groups in total. The van der Waals surface area contributed by atoms with Crippen LogP contribution < -0.4 is 24.8 Å². The molecule has 3 heteroatoms. The summed E-state index contributed by atoms with van der Waals surface area (Å²) in [4.78, 5) is 2.70. The lowest BCUT2D eigenvalue weighted by Crippen LogP contribution is -2.44. The Balaban J connectivity index is 1.29. The maximum absolute atomic E-state index is 6.91. The van der Waals surface area contributed by atoms with Crippen LogP contribution in [-0.2, 0) is 31.1 Å². The van der Waals surface area contributed by atoms with Crippen LogP contribution in [0.2, 0.25) is 0 Å². The molecule has 13 rings (SSSR count). The predicted molar refractivity (Wildman–Crippen MR) is 228 cm³/mol. The molecule has 0 fully saturated rings. The smallest absolute Gasteiger partial charge is 0.206 e.